The second-order valence-electron chi connectivity index (χ2n) is 7.03. The SMILES string of the molecule is O=C(Nc1cccc(C(F)(F)F)c1)C1=COC2=NC(=O)N(Cc3cccc(Cl)c3)CCN12. The molecule has 32 heavy (non-hydrogen) atoms. The molecule has 7 nitrogen and oxygen atoms in total. The standard InChI is InChI=1S/C21H16ClF3N4O3/c22-15-5-1-3-13(9-15)11-28-7-8-29-17(12-32-20(29)27-19(28)31)18(30)26-16-6-2-4-14(10-16)21(23,24)25/h1-6,9-10,12H,7-8,11H2,(H,26,30). The number of carbonyl (C=O) groups excluding carboxylic acids is 2. The molecule has 166 valence electrons. The van der Waals surface area contributed by atoms with Gasteiger partial charge in [-0.15, -0.1) is 4.99 Å². The van der Waals surface area contributed by atoms with E-state index < -0.39 is 23.7 Å². The fraction of sp³-hybridized carbons (Fsp3) is 0.190. The van der Waals surface area contributed by atoms with Crippen LogP contribution < -0.4 is 5.32 Å². The fourth-order valence-corrected chi connectivity index (χ4v) is 3.47. The Kier molecular flexibility index (Phi) is 5.79. The molecule has 0 bridgehead atoms. The van der Waals surface area contributed by atoms with Gasteiger partial charge < -0.3 is 15.0 Å². The van der Waals surface area contributed by atoms with Gasteiger partial charge in [-0.2, -0.15) is 13.2 Å². The van der Waals surface area contributed by atoms with Crippen LogP contribution in [0.5, 0.6) is 0 Å². The van der Waals surface area contributed by atoms with Crippen molar-refractivity contribution in [3.8, 4) is 0 Å². The molecule has 2 aromatic carbocycles. The zero-order valence-electron chi connectivity index (χ0n) is 16.4. The molecule has 0 saturated heterocycles. The summed E-state index contributed by atoms with van der Waals surface area (Å²) < 4.78 is 44.0. The zero-order chi connectivity index (χ0) is 22.9. The molecule has 3 amide bonds. The smallest absolute Gasteiger partial charge is 0.416 e. The van der Waals surface area contributed by atoms with Gasteiger partial charge in [-0.25, -0.2) is 4.79 Å². The number of alkyl halides is 3. The van der Waals surface area contributed by atoms with E-state index in [9.17, 15) is 22.8 Å². The number of nitrogens with zero attached hydrogens (tertiary/aromatic N) is 3. The fourth-order valence-electron chi connectivity index (χ4n) is 3.26. The molecule has 0 spiro atoms. The van der Waals surface area contributed by atoms with Gasteiger partial charge in [0.2, 0.25) is 0 Å². The third-order valence-corrected chi connectivity index (χ3v) is 5.03. The lowest BCUT2D eigenvalue weighted by molar-refractivity contribution is -0.137. The Bertz CT molecular complexity index is 1130. The van der Waals surface area contributed by atoms with Crippen LogP contribution in [0.3, 0.4) is 0 Å². The van der Waals surface area contributed by atoms with E-state index in [1.165, 1.54) is 21.9 Å². The van der Waals surface area contributed by atoms with Gasteiger partial charge in [0.05, 0.1) is 5.56 Å². The number of carbonyl (C=O) groups is 2. The van der Waals surface area contributed by atoms with Crippen LogP contribution in [0.15, 0.2) is 65.5 Å². The summed E-state index contributed by atoms with van der Waals surface area (Å²) in [5.74, 6) is -0.690. The highest BCUT2D eigenvalue weighted by molar-refractivity contribution is 6.30. The third kappa shape index (κ3) is 4.70. The average Bonchev–Trinajstić information content (AvgIpc) is 3.06. The molecule has 0 saturated carbocycles. The number of nitrogens with one attached hydrogen (secondary N) is 1. The van der Waals surface area contributed by atoms with Gasteiger partial charge in [0, 0.05) is 30.3 Å². The molecular weight excluding hydrogens is 449 g/mol. The molecule has 0 unspecified atom stereocenters. The highest BCUT2D eigenvalue weighted by atomic mass is 35.5. The number of hydrogen-bond donors (Lipinski definition) is 1. The van der Waals surface area contributed by atoms with Gasteiger partial charge >= 0.3 is 18.2 Å². The number of rotatable bonds is 4. The zero-order valence-corrected chi connectivity index (χ0v) is 17.2. The number of benzene rings is 2. The summed E-state index contributed by atoms with van der Waals surface area (Å²) in [5, 5.41) is 2.96. The van der Waals surface area contributed by atoms with E-state index in [4.69, 9.17) is 16.3 Å². The van der Waals surface area contributed by atoms with Crippen molar-refractivity contribution in [1.29, 1.82) is 0 Å². The van der Waals surface area contributed by atoms with Gasteiger partial charge in [0.1, 0.15) is 12.0 Å². The summed E-state index contributed by atoms with van der Waals surface area (Å²) in [6.45, 7) is 0.697. The number of ether oxygens (including phenoxy) is 1. The number of amidine groups is 1. The van der Waals surface area contributed by atoms with E-state index in [-0.39, 0.29) is 37.0 Å². The summed E-state index contributed by atoms with van der Waals surface area (Å²) in [5.41, 5.74) is -0.0681. The number of amides is 3. The predicted octanol–water partition coefficient (Wildman–Crippen LogP) is 4.46. The van der Waals surface area contributed by atoms with Crippen molar-refractivity contribution in [3.05, 3.63) is 76.6 Å². The molecule has 0 aromatic heterocycles. The molecule has 2 aliphatic heterocycles. The quantitative estimate of drug-likeness (QED) is 0.725. The van der Waals surface area contributed by atoms with E-state index in [0.717, 1.165) is 24.0 Å². The van der Waals surface area contributed by atoms with E-state index in [2.05, 4.69) is 10.3 Å². The third-order valence-electron chi connectivity index (χ3n) is 4.80. The Morgan fingerprint density at radius 2 is 1.94 bits per heavy atom. The number of aliphatic imine (C=N–C) groups is 1. The first-order chi connectivity index (χ1) is 15.2. The van der Waals surface area contributed by atoms with Gasteiger partial charge in [0.15, 0.2) is 0 Å². The second kappa shape index (κ2) is 8.54. The highest BCUT2D eigenvalue weighted by Crippen LogP contribution is 2.31. The van der Waals surface area contributed by atoms with Crippen LogP contribution in [-0.4, -0.2) is 40.8 Å². The molecule has 2 aliphatic rings. The average molecular weight is 465 g/mol. The minimum Gasteiger partial charge on any atom is -0.431 e. The summed E-state index contributed by atoms with van der Waals surface area (Å²) in [6, 6.07) is 10.7. The van der Waals surface area contributed by atoms with Crippen LogP contribution >= 0.6 is 11.6 Å². The molecule has 0 aliphatic carbocycles. The number of halogens is 4. The first-order valence-electron chi connectivity index (χ1n) is 9.46. The Morgan fingerprint density at radius 1 is 1.16 bits per heavy atom. The summed E-state index contributed by atoms with van der Waals surface area (Å²) in [6.07, 6.45) is -3.42. The predicted molar refractivity (Wildman–Crippen MR) is 111 cm³/mol. The van der Waals surface area contributed by atoms with Gasteiger partial charge in [0.25, 0.3) is 5.91 Å². The lowest BCUT2D eigenvalue weighted by atomic mass is 10.2. The largest absolute Gasteiger partial charge is 0.431 e. The lowest BCUT2D eigenvalue weighted by Crippen LogP contribution is -2.36. The minimum atomic E-state index is -4.53. The van der Waals surface area contributed by atoms with Gasteiger partial charge in [-0.3, -0.25) is 9.69 Å². The molecule has 2 heterocycles. The Balaban J connectivity index is 1.46. The van der Waals surface area contributed by atoms with Crippen molar-refractivity contribution in [3.63, 3.8) is 0 Å². The van der Waals surface area contributed by atoms with Crippen LogP contribution in [0.4, 0.5) is 23.7 Å². The van der Waals surface area contributed by atoms with Crippen molar-refractivity contribution in [2.24, 2.45) is 4.99 Å². The van der Waals surface area contributed by atoms with E-state index in [1.54, 1.807) is 18.2 Å². The topological polar surface area (TPSA) is 74.2 Å². The van der Waals surface area contributed by atoms with E-state index >= 15 is 0 Å². The number of anilines is 1. The van der Waals surface area contributed by atoms with Crippen molar-refractivity contribution in [2.75, 3.05) is 18.4 Å². The molecule has 0 atom stereocenters. The van der Waals surface area contributed by atoms with Crippen molar-refractivity contribution < 1.29 is 27.5 Å². The molecule has 11 heteroatoms. The maximum absolute atomic E-state index is 12.9. The van der Waals surface area contributed by atoms with Crippen molar-refractivity contribution in [2.45, 2.75) is 12.7 Å². The maximum atomic E-state index is 12.9. The molecule has 1 N–H and O–H groups in total. The molecule has 0 radical (unpaired) electrons. The minimum absolute atomic E-state index is 0.0235. The monoisotopic (exact) mass is 464 g/mol. The first kappa shape index (κ1) is 21.7. The maximum Gasteiger partial charge on any atom is 0.416 e. The van der Waals surface area contributed by atoms with Gasteiger partial charge in [-0.1, -0.05) is 29.8 Å². The molecular formula is C21H16ClF3N4O3. The van der Waals surface area contributed by atoms with E-state index in [0.29, 0.717) is 5.02 Å². The summed E-state index contributed by atoms with van der Waals surface area (Å²) in [4.78, 5) is 32.0. The van der Waals surface area contributed by atoms with Crippen LogP contribution in [0.25, 0.3) is 0 Å². The van der Waals surface area contributed by atoms with Crippen molar-refractivity contribution >= 4 is 35.2 Å². The Labute approximate surface area is 185 Å². The first-order valence-corrected chi connectivity index (χ1v) is 9.83. The summed E-state index contributed by atoms with van der Waals surface area (Å²) in [7, 11) is 0. The number of urea groups is 1. The second-order valence-corrected chi connectivity index (χ2v) is 7.47. The molecule has 2 aromatic rings. The normalized spacial score (nSPS) is 16.1. The van der Waals surface area contributed by atoms with Crippen LogP contribution in [0.2, 0.25) is 5.02 Å². The summed E-state index contributed by atoms with van der Waals surface area (Å²) >= 11 is 5.99. The molecule has 4 rings (SSSR count). The lowest BCUT2D eigenvalue weighted by Gasteiger charge is -2.21. The number of hydrogen-bond acceptors (Lipinski definition) is 4. The van der Waals surface area contributed by atoms with Crippen molar-refractivity contribution in [1.82, 2.24) is 9.80 Å². The Hall–Kier alpha value is -3.53. The van der Waals surface area contributed by atoms with Gasteiger partial charge in [-0.05, 0) is 35.9 Å². The number of fused-ring (bicyclic) bond motifs is 1. The highest BCUT2D eigenvalue weighted by Gasteiger charge is 2.34. The Morgan fingerprint density at radius 3 is 2.69 bits per heavy atom. The molecule has 0 fully saturated rings. The van der Waals surface area contributed by atoms with Crippen LogP contribution in [-0.2, 0) is 22.3 Å². The van der Waals surface area contributed by atoms with Crippen LogP contribution in [0.1, 0.15) is 11.1 Å². The van der Waals surface area contributed by atoms with E-state index in [1.807, 2.05) is 6.07 Å². The van der Waals surface area contributed by atoms with Crippen LogP contribution in [0, 0.1) is 0 Å².